The van der Waals surface area contributed by atoms with E-state index in [-0.39, 0.29) is 17.2 Å². The molecule has 0 bridgehead atoms. The van der Waals surface area contributed by atoms with E-state index in [4.69, 9.17) is 4.74 Å². The summed E-state index contributed by atoms with van der Waals surface area (Å²) >= 11 is 0.998. The van der Waals surface area contributed by atoms with E-state index < -0.39 is 0 Å². The van der Waals surface area contributed by atoms with Gasteiger partial charge >= 0.3 is 0 Å². The lowest BCUT2D eigenvalue weighted by Gasteiger charge is -2.18. The lowest BCUT2D eigenvalue weighted by molar-refractivity contribution is 0.0782. The molecule has 9 heteroatoms. The van der Waals surface area contributed by atoms with Crippen LogP contribution in [0.15, 0.2) is 42.7 Å². The van der Waals surface area contributed by atoms with Crippen molar-refractivity contribution < 1.29 is 14.6 Å². The molecule has 0 atom stereocenters. The van der Waals surface area contributed by atoms with Crippen LogP contribution in [0.3, 0.4) is 0 Å². The predicted octanol–water partition coefficient (Wildman–Crippen LogP) is 3.05. The molecular weight excluding hydrogens is 366 g/mol. The number of phenolic OH excluding ortho intramolecular Hbond substituents is 1. The van der Waals surface area contributed by atoms with Gasteiger partial charge in [0.1, 0.15) is 0 Å². The van der Waals surface area contributed by atoms with Crippen LogP contribution in [-0.2, 0) is 6.54 Å². The molecule has 0 radical (unpaired) electrons. The van der Waals surface area contributed by atoms with Crippen LogP contribution in [0.2, 0.25) is 0 Å². The van der Waals surface area contributed by atoms with E-state index in [1.54, 1.807) is 37.6 Å². The second-order valence-electron chi connectivity index (χ2n) is 5.70. The molecule has 27 heavy (non-hydrogen) atoms. The number of carbonyl (C=O) groups excluding carboxylic acids is 1. The molecular formula is C18H19N5O3S. The maximum atomic E-state index is 12.8. The topological polar surface area (TPSA) is 100 Å². The first kappa shape index (κ1) is 18.6. The maximum absolute atomic E-state index is 12.8. The summed E-state index contributed by atoms with van der Waals surface area (Å²) in [6.45, 7) is 2.68. The highest BCUT2D eigenvalue weighted by atomic mass is 32.1. The quantitative estimate of drug-likeness (QED) is 0.603. The number of hydrogen-bond acceptors (Lipinski definition) is 8. The summed E-state index contributed by atoms with van der Waals surface area (Å²) in [5.41, 5.74) is 1.44. The molecule has 0 aliphatic carbocycles. The Balaban J connectivity index is 1.79. The second-order valence-corrected chi connectivity index (χ2v) is 6.23. The van der Waals surface area contributed by atoms with Crippen molar-refractivity contribution in [2.75, 3.05) is 19.0 Å². The lowest BCUT2D eigenvalue weighted by Crippen LogP contribution is -2.26. The Hall–Kier alpha value is -3.20. The van der Waals surface area contributed by atoms with Gasteiger partial charge in [-0.1, -0.05) is 12.1 Å². The number of aromatic nitrogens is 3. The fourth-order valence-corrected chi connectivity index (χ4v) is 2.94. The van der Waals surface area contributed by atoms with Crippen LogP contribution >= 0.6 is 11.7 Å². The zero-order chi connectivity index (χ0) is 19.2. The van der Waals surface area contributed by atoms with Gasteiger partial charge in [0.25, 0.3) is 11.8 Å². The van der Waals surface area contributed by atoms with Crippen LogP contribution in [0.4, 0.5) is 11.5 Å². The fraction of sp³-hybridized carbons (Fsp3) is 0.222. The van der Waals surface area contributed by atoms with Gasteiger partial charge in [0.15, 0.2) is 5.75 Å². The van der Waals surface area contributed by atoms with Crippen molar-refractivity contribution in [2.45, 2.75) is 13.5 Å². The first-order chi connectivity index (χ1) is 13.1. The van der Waals surface area contributed by atoms with Crippen molar-refractivity contribution in [3.63, 3.8) is 0 Å². The van der Waals surface area contributed by atoms with E-state index in [1.807, 2.05) is 19.1 Å². The molecule has 1 aromatic carbocycles. The monoisotopic (exact) mass is 385 g/mol. The zero-order valence-corrected chi connectivity index (χ0v) is 15.7. The molecule has 0 spiro atoms. The Morgan fingerprint density at radius 3 is 2.89 bits per heavy atom. The Labute approximate surface area is 160 Å². The van der Waals surface area contributed by atoms with Gasteiger partial charge in [-0.25, -0.2) is 0 Å². The van der Waals surface area contributed by atoms with Crippen molar-refractivity contribution in [2.24, 2.45) is 0 Å². The number of rotatable bonds is 7. The molecule has 0 saturated carbocycles. The number of pyridine rings is 1. The first-order valence-electron chi connectivity index (χ1n) is 8.29. The molecule has 1 amide bonds. The summed E-state index contributed by atoms with van der Waals surface area (Å²) < 4.78 is 13.5. The van der Waals surface area contributed by atoms with E-state index in [9.17, 15) is 9.90 Å². The van der Waals surface area contributed by atoms with Gasteiger partial charge in [-0.15, -0.1) is 4.37 Å². The van der Waals surface area contributed by atoms with Crippen LogP contribution in [-0.4, -0.2) is 43.3 Å². The number of benzene rings is 1. The fourth-order valence-electron chi connectivity index (χ4n) is 2.48. The van der Waals surface area contributed by atoms with Crippen LogP contribution < -0.4 is 10.1 Å². The van der Waals surface area contributed by atoms with Gasteiger partial charge in [0.2, 0.25) is 5.82 Å². The number of ether oxygens (including phenoxy) is 1. The predicted molar refractivity (Wildman–Crippen MR) is 103 cm³/mol. The van der Waals surface area contributed by atoms with Crippen LogP contribution in [0.5, 0.6) is 11.6 Å². The Morgan fingerprint density at radius 1 is 1.30 bits per heavy atom. The van der Waals surface area contributed by atoms with E-state index in [2.05, 4.69) is 19.0 Å². The van der Waals surface area contributed by atoms with Gasteiger partial charge in [-0.05, 0) is 30.7 Å². The van der Waals surface area contributed by atoms with Crippen LogP contribution in [0, 0.1) is 0 Å². The molecule has 0 aliphatic rings. The van der Waals surface area contributed by atoms with Gasteiger partial charge in [-0.2, -0.15) is 4.37 Å². The molecule has 0 saturated heterocycles. The number of para-hydroxylation sites is 1. The zero-order valence-electron chi connectivity index (χ0n) is 14.9. The molecule has 140 valence electrons. The van der Waals surface area contributed by atoms with Gasteiger partial charge in [0.05, 0.1) is 29.6 Å². The van der Waals surface area contributed by atoms with Gasteiger partial charge in [-0.3, -0.25) is 9.78 Å². The van der Waals surface area contributed by atoms with Crippen LogP contribution in [0.25, 0.3) is 0 Å². The highest BCUT2D eigenvalue weighted by Crippen LogP contribution is 2.33. The minimum atomic E-state index is -0.304. The molecule has 3 rings (SSSR count). The number of phenols is 1. The van der Waals surface area contributed by atoms with E-state index in [0.717, 1.165) is 17.3 Å². The third-order valence-electron chi connectivity index (χ3n) is 3.75. The Bertz CT molecular complexity index is 916. The van der Waals surface area contributed by atoms with Crippen molar-refractivity contribution in [3.8, 4) is 11.6 Å². The highest BCUT2D eigenvalue weighted by Gasteiger charge is 2.20. The van der Waals surface area contributed by atoms with E-state index in [1.165, 1.54) is 4.90 Å². The SMILES string of the molecule is CCOc1nsnc1Nc1cccc(C(=O)N(C)Cc2cccnc2)c1O. The van der Waals surface area contributed by atoms with Gasteiger partial charge in [0, 0.05) is 26.0 Å². The first-order valence-corrected chi connectivity index (χ1v) is 9.02. The summed E-state index contributed by atoms with van der Waals surface area (Å²) in [7, 11) is 1.67. The molecule has 2 heterocycles. The maximum Gasteiger partial charge on any atom is 0.271 e. The number of hydrogen-bond donors (Lipinski definition) is 2. The summed E-state index contributed by atoms with van der Waals surface area (Å²) in [5.74, 6) is 0.287. The lowest BCUT2D eigenvalue weighted by atomic mass is 10.1. The van der Waals surface area contributed by atoms with E-state index >= 15 is 0 Å². The average Bonchev–Trinajstić information content (AvgIpc) is 3.11. The molecule has 2 aromatic heterocycles. The third kappa shape index (κ3) is 4.32. The standard InChI is InChI=1S/C18H19N5O3S/c1-3-26-17-16(21-27-22-17)20-14-8-4-7-13(15(14)24)18(25)23(2)11-12-6-5-9-19-10-12/h4-10,24H,3,11H2,1-2H3,(H,20,21). The molecule has 0 fully saturated rings. The second kappa shape index (κ2) is 8.45. The average molecular weight is 385 g/mol. The summed E-state index contributed by atoms with van der Waals surface area (Å²) in [4.78, 5) is 18.3. The number of nitrogens with zero attached hydrogens (tertiary/aromatic N) is 4. The van der Waals surface area contributed by atoms with Crippen molar-refractivity contribution in [3.05, 3.63) is 53.9 Å². The third-order valence-corrected chi connectivity index (χ3v) is 4.26. The Morgan fingerprint density at radius 2 is 2.15 bits per heavy atom. The summed E-state index contributed by atoms with van der Waals surface area (Å²) in [6.07, 6.45) is 3.38. The highest BCUT2D eigenvalue weighted by molar-refractivity contribution is 6.99. The van der Waals surface area contributed by atoms with Crippen LogP contribution in [0.1, 0.15) is 22.8 Å². The number of amides is 1. The molecule has 0 unspecified atom stereocenters. The summed E-state index contributed by atoms with van der Waals surface area (Å²) in [6, 6.07) is 8.62. The minimum Gasteiger partial charge on any atom is -0.505 e. The molecule has 3 aromatic rings. The molecule has 2 N–H and O–H groups in total. The molecule has 8 nitrogen and oxygen atoms in total. The van der Waals surface area contributed by atoms with E-state index in [0.29, 0.717) is 30.5 Å². The van der Waals surface area contributed by atoms with Crippen molar-refractivity contribution in [1.82, 2.24) is 18.6 Å². The Kier molecular flexibility index (Phi) is 5.82. The minimum absolute atomic E-state index is 0.156. The largest absolute Gasteiger partial charge is 0.505 e. The van der Waals surface area contributed by atoms with Crippen molar-refractivity contribution in [1.29, 1.82) is 0 Å². The molecule has 0 aliphatic heterocycles. The number of nitrogens with one attached hydrogen (secondary N) is 1. The number of carbonyl (C=O) groups is 1. The smallest absolute Gasteiger partial charge is 0.271 e. The summed E-state index contributed by atoms with van der Waals surface area (Å²) in [5, 5.41) is 13.6. The van der Waals surface area contributed by atoms with Crippen molar-refractivity contribution >= 4 is 29.1 Å². The van der Waals surface area contributed by atoms with Gasteiger partial charge < -0.3 is 20.1 Å². The normalized spacial score (nSPS) is 10.4. The number of anilines is 2. The number of aromatic hydroxyl groups is 1.